The molecule has 0 aliphatic carbocycles. The second-order valence-electron chi connectivity index (χ2n) is 11.3. The van der Waals surface area contributed by atoms with Gasteiger partial charge in [0.25, 0.3) is 0 Å². The molecule has 2 amide bonds. The van der Waals surface area contributed by atoms with Gasteiger partial charge in [-0.15, -0.1) is 0 Å². The van der Waals surface area contributed by atoms with Crippen LogP contribution in [-0.2, 0) is 9.59 Å². The third-order valence-electron chi connectivity index (χ3n) is 8.52. The highest BCUT2D eigenvalue weighted by molar-refractivity contribution is 5.87. The maximum absolute atomic E-state index is 13.5. The number of aromatic nitrogens is 3. The molecule has 6 rings (SSSR count). The van der Waals surface area contributed by atoms with Crippen LogP contribution in [0.5, 0.6) is 0 Å². The van der Waals surface area contributed by atoms with E-state index in [1.165, 1.54) is 24.9 Å². The number of nitrogens with zero attached hydrogens (tertiary/aromatic N) is 7. The fourth-order valence-corrected chi connectivity index (χ4v) is 6.15. The van der Waals surface area contributed by atoms with Gasteiger partial charge in [-0.1, -0.05) is 12.1 Å². The predicted octanol–water partition coefficient (Wildman–Crippen LogP) is 2.95. The Morgan fingerprint density at radius 3 is 2.30 bits per heavy atom. The number of nitrogens with one attached hydrogen (secondary N) is 1. The van der Waals surface area contributed by atoms with Gasteiger partial charge in [-0.05, 0) is 51.2 Å². The lowest BCUT2D eigenvalue weighted by Crippen LogP contribution is -2.54. The number of carbonyl (C=O) groups excluding carboxylic acids is 2. The quantitative estimate of drug-likeness (QED) is 0.489. The van der Waals surface area contributed by atoms with Crippen molar-refractivity contribution in [2.45, 2.75) is 45.1 Å². The average molecular weight is 545 g/mol. The first-order valence-corrected chi connectivity index (χ1v) is 14.8. The van der Waals surface area contributed by atoms with Crippen LogP contribution in [0, 0.1) is 0 Å². The standard InChI is InChI=1S/C30H40N8O2/c1-23(30(40)37-19-17-34(18-20-37)22-27(39)36-14-3-2-4-15-36)32-29-28(33-26-21-31-11-16-38(26)29)24-7-9-25(10-8-24)35-12-5-6-13-35/h7-11,16,21,23,32H,2-6,12-15,17-20,22H2,1H3. The molecular formula is C30H40N8O2. The van der Waals surface area contributed by atoms with Gasteiger partial charge in [-0.3, -0.25) is 23.9 Å². The summed E-state index contributed by atoms with van der Waals surface area (Å²) < 4.78 is 1.96. The second kappa shape index (κ2) is 11.8. The summed E-state index contributed by atoms with van der Waals surface area (Å²) in [5, 5.41) is 3.48. The summed E-state index contributed by atoms with van der Waals surface area (Å²) in [6, 6.07) is 8.13. The first-order chi connectivity index (χ1) is 19.6. The third-order valence-corrected chi connectivity index (χ3v) is 8.52. The molecule has 3 saturated heterocycles. The van der Waals surface area contributed by atoms with Gasteiger partial charge in [0.1, 0.15) is 17.6 Å². The van der Waals surface area contributed by atoms with Crippen LogP contribution in [0.15, 0.2) is 42.9 Å². The minimum absolute atomic E-state index is 0.0568. The minimum Gasteiger partial charge on any atom is -0.372 e. The summed E-state index contributed by atoms with van der Waals surface area (Å²) in [5.74, 6) is 1.07. The molecule has 1 N–H and O–H groups in total. The first kappa shape index (κ1) is 26.6. The summed E-state index contributed by atoms with van der Waals surface area (Å²) in [7, 11) is 0. The fourth-order valence-electron chi connectivity index (χ4n) is 6.15. The fraction of sp³-hybridized carbons (Fsp3) is 0.533. The summed E-state index contributed by atoms with van der Waals surface area (Å²) >= 11 is 0. The number of anilines is 2. The van der Waals surface area contributed by atoms with Gasteiger partial charge in [0.2, 0.25) is 11.8 Å². The summed E-state index contributed by atoms with van der Waals surface area (Å²) in [6.45, 7) is 9.02. The number of imidazole rings is 1. The smallest absolute Gasteiger partial charge is 0.244 e. The SMILES string of the molecule is CC(Nc1c(-c2ccc(N3CCCC3)cc2)nc2cnccn12)C(=O)N1CCN(CC(=O)N2CCCCC2)CC1. The van der Waals surface area contributed by atoms with E-state index in [4.69, 9.17) is 4.98 Å². The Balaban J connectivity index is 1.11. The Hall–Kier alpha value is -3.66. The van der Waals surface area contributed by atoms with Crippen LogP contribution in [0.1, 0.15) is 39.0 Å². The Morgan fingerprint density at radius 1 is 0.875 bits per heavy atom. The zero-order valence-corrected chi connectivity index (χ0v) is 23.5. The van der Waals surface area contributed by atoms with Crippen molar-refractivity contribution >= 4 is 29.0 Å². The Kier molecular flexibility index (Phi) is 7.86. The van der Waals surface area contributed by atoms with Gasteiger partial charge >= 0.3 is 0 Å². The number of hydrogen-bond donors (Lipinski definition) is 1. The number of rotatable bonds is 7. The molecule has 10 heteroatoms. The van der Waals surface area contributed by atoms with Crippen LogP contribution >= 0.6 is 0 Å². The molecule has 40 heavy (non-hydrogen) atoms. The largest absolute Gasteiger partial charge is 0.372 e. The van der Waals surface area contributed by atoms with Crippen molar-refractivity contribution in [1.82, 2.24) is 29.1 Å². The van der Waals surface area contributed by atoms with Crippen molar-refractivity contribution < 1.29 is 9.59 Å². The van der Waals surface area contributed by atoms with E-state index < -0.39 is 6.04 Å². The molecule has 10 nitrogen and oxygen atoms in total. The molecular weight excluding hydrogens is 504 g/mol. The number of likely N-dealkylation sites (tertiary alicyclic amines) is 1. The topological polar surface area (TPSA) is 89.3 Å². The first-order valence-electron chi connectivity index (χ1n) is 14.8. The number of carbonyl (C=O) groups is 2. The molecule has 1 unspecified atom stereocenters. The highest BCUT2D eigenvalue weighted by atomic mass is 16.2. The van der Waals surface area contributed by atoms with Crippen molar-refractivity contribution in [3.05, 3.63) is 42.9 Å². The van der Waals surface area contributed by atoms with Crippen LogP contribution in [0.25, 0.3) is 16.9 Å². The molecule has 1 aromatic carbocycles. The third kappa shape index (κ3) is 5.63. The van der Waals surface area contributed by atoms with E-state index in [0.29, 0.717) is 32.7 Å². The number of amides is 2. The van der Waals surface area contributed by atoms with Gasteiger partial charge in [0.05, 0.1) is 12.7 Å². The zero-order chi connectivity index (χ0) is 27.5. The van der Waals surface area contributed by atoms with Crippen LogP contribution < -0.4 is 10.2 Å². The van der Waals surface area contributed by atoms with E-state index >= 15 is 0 Å². The highest BCUT2D eigenvalue weighted by Gasteiger charge is 2.28. The summed E-state index contributed by atoms with van der Waals surface area (Å²) in [4.78, 5) is 43.8. The lowest BCUT2D eigenvalue weighted by Gasteiger charge is -2.37. The number of piperidine rings is 1. The molecule has 5 heterocycles. The zero-order valence-electron chi connectivity index (χ0n) is 23.5. The van der Waals surface area contributed by atoms with Crippen molar-refractivity contribution in [2.24, 2.45) is 0 Å². The maximum atomic E-state index is 13.5. The molecule has 3 fully saturated rings. The maximum Gasteiger partial charge on any atom is 0.244 e. The molecule has 3 aliphatic heterocycles. The van der Waals surface area contributed by atoms with E-state index in [1.807, 2.05) is 27.3 Å². The van der Waals surface area contributed by atoms with E-state index in [9.17, 15) is 9.59 Å². The van der Waals surface area contributed by atoms with Gasteiger partial charge < -0.3 is 20.0 Å². The molecule has 212 valence electrons. The molecule has 0 saturated carbocycles. The Bertz CT molecular complexity index is 1320. The Labute approximate surface area is 236 Å². The Morgan fingerprint density at radius 2 is 1.57 bits per heavy atom. The predicted molar refractivity (Wildman–Crippen MR) is 156 cm³/mol. The van der Waals surface area contributed by atoms with Gasteiger partial charge in [0.15, 0.2) is 5.65 Å². The normalized spacial score (nSPS) is 19.3. The molecule has 1 atom stereocenters. The van der Waals surface area contributed by atoms with Crippen LogP contribution in [0.3, 0.4) is 0 Å². The summed E-state index contributed by atoms with van der Waals surface area (Å²) in [5.41, 5.74) is 3.78. The lowest BCUT2D eigenvalue weighted by atomic mass is 10.1. The highest BCUT2D eigenvalue weighted by Crippen LogP contribution is 2.31. The molecule has 3 aliphatic rings. The second-order valence-corrected chi connectivity index (χ2v) is 11.3. The van der Waals surface area contributed by atoms with Crippen molar-refractivity contribution in [3.63, 3.8) is 0 Å². The average Bonchev–Trinajstić information content (AvgIpc) is 3.67. The monoisotopic (exact) mass is 544 g/mol. The van der Waals surface area contributed by atoms with Crippen LogP contribution in [-0.4, -0.2) is 106 Å². The molecule has 3 aromatic rings. The lowest BCUT2D eigenvalue weighted by molar-refractivity contribution is -0.135. The number of hydrogen-bond acceptors (Lipinski definition) is 7. The minimum atomic E-state index is -0.433. The van der Waals surface area contributed by atoms with Crippen molar-refractivity contribution in [2.75, 3.05) is 69.1 Å². The number of piperazine rings is 1. The molecule has 0 spiro atoms. The van der Waals surface area contributed by atoms with Gasteiger partial charge in [-0.2, -0.15) is 0 Å². The van der Waals surface area contributed by atoms with Gasteiger partial charge in [-0.25, -0.2) is 4.98 Å². The van der Waals surface area contributed by atoms with Crippen molar-refractivity contribution in [3.8, 4) is 11.3 Å². The van der Waals surface area contributed by atoms with Crippen LogP contribution in [0.2, 0.25) is 0 Å². The van der Waals surface area contributed by atoms with Gasteiger partial charge in [0, 0.05) is 76.0 Å². The van der Waals surface area contributed by atoms with E-state index in [1.54, 1.807) is 12.4 Å². The van der Waals surface area contributed by atoms with E-state index in [-0.39, 0.29) is 11.8 Å². The number of benzene rings is 1. The summed E-state index contributed by atoms with van der Waals surface area (Å²) in [6.07, 6.45) is 11.3. The van der Waals surface area contributed by atoms with E-state index in [0.717, 1.165) is 61.7 Å². The number of fused-ring (bicyclic) bond motifs is 1. The molecule has 0 bridgehead atoms. The molecule has 0 radical (unpaired) electrons. The van der Waals surface area contributed by atoms with Crippen LogP contribution in [0.4, 0.5) is 11.5 Å². The van der Waals surface area contributed by atoms with Crippen molar-refractivity contribution in [1.29, 1.82) is 0 Å². The molecule has 2 aromatic heterocycles. The van der Waals surface area contributed by atoms with E-state index in [2.05, 4.69) is 44.4 Å².